The summed E-state index contributed by atoms with van der Waals surface area (Å²) in [6.07, 6.45) is 0. The lowest BCUT2D eigenvalue weighted by Crippen LogP contribution is -2.21. The number of carbonyl (C=O) groups excluding carboxylic acids is 1. The second-order valence-electron chi connectivity index (χ2n) is 7.59. The largest absolute Gasteiger partial charge is 0.495 e. The van der Waals surface area contributed by atoms with E-state index in [4.69, 9.17) is 14.2 Å². The Hall–Kier alpha value is -3.72. The van der Waals surface area contributed by atoms with Gasteiger partial charge in [0.25, 0.3) is 15.9 Å². The number of methoxy groups -OCH3 is 1. The van der Waals surface area contributed by atoms with E-state index >= 15 is 0 Å². The van der Waals surface area contributed by atoms with Crippen LogP contribution in [0.15, 0.2) is 65.6 Å². The fourth-order valence-electron chi connectivity index (χ4n) is 3.32. The van der Waals surface area contributed by atoms with Gasteiger partial charge >= 0.3 is 0 Å². The fourth-order valence-corrected chi connectivity index (χ4v) is 4.58. The van der Waals surface area contributed by atoms with Crippen LogP contribution in [-0.4, -0.2) is 34.6 Å². The summed E-state index contributed by atoms with van der Waals surface area (Å²) in [5.74, 6) is 0.941. The van der Waals surface area contributed by atoms with Gasteiger partial charge in [-0.3, -0.25) is 9.52 Å². The third-order valence-electron chi connectivity index (χ3n) is 4.72. The van der Waals surface area contributed by atoms with Crippen molar-refractivity contribution in [2.45, 2.75) is 25.7 Å². The number of sulfonamides is 1. The van der Waals surface area contributed by atoms with Gasteiger partial charge in [-0.05, 0) is 86.5 Å². The molecule has 0 atom stereocenters. The Morgan fingerprint density at radius 3 is 2.12 bits per heavy atom. The first-order valence-corrected chi connectivity index (χ1v) is 12.1. The predicted octanol–water partition coefficient (Wildman–Crippen LogP) is 4.53. The minimum absolute atomic E-state index is 0.114. The van der Waals surface area contributed by atoms with Crippen molar-refractivity contribution in [2.24, 2.45) is 0 Å². The highest BCUT2D eigenvalue weighted by atomic mass is 32.2. The number of aryl methyl sites for hydroxylation is 2. The molecule has 0 radical (unpaired) electrons. The zero-order valence-electron chi connectivity index (χ0n) is 19.5. The quantitative estimate of drug-likeness (QED) is 0.438. The maximum Gasteiger partial charge on any atom is 0.265 e. The van der Waals surface area contributed by atoms with Crippen molar-refractivity contribution < 1.29 is 27.4 Å². The van der Waals surface area contributed by atoms with Crippen LogP contribution in [0.25, 0.3) is 0 Å². The molecule has 34 heavy (non-hydrogen) atoms. The van der Waals surface area contributed by atoms with E-state index in [0.717, 1.165) is 11.1 Å². The predicted molar refractivity (Wildman–Crippen MR) is 131 cm³/mol. The lowest BCUT2D eigenvalue weighted by Gasteiger charge is -2.14. The highest BCUT2D eigenvalue weighted by molar-refractivity contribution is 7.92. The summed E-state index contributed by atoms with van der Waals surface area (Å²) < 4.78 is 44.8. The summed E-state index contributed by atoms with van der Waals surface area (Å²) in [5.41, 5.74) is 2.71. The summed E-state index contributed by atoms with van der Waals surface area (Å²) >= 11 is 0. The molecule has 1 amide bonds. The second-order valence-corrected chi connectivity index (χ2v) is 9.24. The average Bonchev–Trinajstić information content (AvgIpc) is 2.78. The van der Waals surface area contributed by atoms with E-state index in [1.807, 2.05) is 39.0 Å². The molecule has 0 saturated heterocycles. The van der Waals surface area contributed by atoms with Crippen molar-refractivity contribution in [3.8, 4) is 17.2 Å². The van der Waals surface area contributed by atoms with Gasteiger partial charge in [0.2, 0.25) is 0 Å². The van der Waals surface area contributed by atoms with Gasteiger partial charge in [-0.15, -0.1) is 0 Å². The molecule has 0 heterocycles. The summed E-state index contributed by atoms with van der Waals surface area (Å²) in [5, 5.41) is 2.66. The van der Waals surface area contributed by atoms with Crippen molar-refractivity contribution in [1.82, 2.24) is 0 Å². The Balaban J connectivity index is 1.73. The van der Waals surface area contributed by atoms with Crippen LogP contribution in [-0.2, 0) is 14.8 Å². The number of amides is 1. The van der Waals surface area contributed by atoms with Crippen molar-refractivity contribution in [1.29, 1.82) is 0 Å². The molecule has 0 saturated carbocycles. The van der Waals surface area contributed by atoms with Gasteiger partial charge in [0, 0.05) is 11.4 Å². The molecule has 2 N–H and O–H groups in total. The number of nitrogens with one attached hydrogen (secondary N) is 2. The van der Waals surface area contributed by atoms with E-state index in [1.165, 1.54) is 19.2 Å². The molecular weight excluding hydrogens is 456 g/mol. The molecule has 0 aliphatic rings. The highest BCUT2D eigenvalue weighted by Crippen LogP contribution is 2.29. The zero-order chi connectivity index (χ0) is 24.7. The lowest BCUT2D eigenvalue weighted by molar-refractivity contribution is -0.118. The summed E-state index contributed by atoms with van der Waals surface area (Å²) in [7, 11) is -2.63. The third-order valence-corrected chi connectivity index (χ3v) is 6.12. The number of benzene rings is 3. The molecule has 0 spiro atoms. The van der Waals surface area contributed by atoms with Crippen LogP contribution in [0.2, 0.25) is 0 Å². The Kier molecular flexibility index (Phi) is 8.01. The molecule has 0 aliphatic heterocycles. The third kappa shape index (κ3) is 6.64. The van der Waals surface area contributed by atoms with Crippen molar-refractivity contribution in [2.75, 3.05) is 30.4 Å². The van der Waals surface area contributed by atoms with Gasteiger partial charge in [0.15, 0.2) is 6.61 Å². The van der Waals surface area contributed by atoms with Gasteiger partial charge in [0.1, 0.15) is 22.1 Å². The van der Waals surface area contributed by atoms with Crippen molar-refractivity contribution in [3.63, 3.8) is 0 Å². The van der Waals surface area contributed by atoms with Gasteiger partial charge < -0.3 is 19.5 Å². The highest BCUT2D eigenvalue weighted by Gasteiger charge is 2.21. The average molecular weight is 485 g/mol. The molecule has 3 aromatic carbocycles. The Morgan fingerprint density at radius 2 is 1.50 bits per heavy atom. The van der Waals surface area contributed by atoms with Gasteiger partial charge in [0.05, 0.1) is 13.7 Å². The number of anilines is 2. The first kappa shape index (κ1) is 24.9. The van der Waals surface area contributed by atoms with Crippen LogP contribution in [0.5, 0.6) is 17.2 Å². The smallest absolute Gasteiger partial charge is 0.265 e. The molecular formula is C25H28N2O6S. The minimum atomic E-state index is -4.00. The maximum atomic E-state index is 13.0. The van der Waals surface area contributed by atoms with E-state index in [2.05, 4.69) is 10.0 Å². The van der Waals surface area contributed by atoms with Gasteiger partial charge in [-0.1, -0.05) is 6.07 Å². The van der Waals surface area contributed by atoms with Crippen LogP contribution in [0.4, 0.5) is 11.4 Å². The van der Waals surface area contributed by atoms with E-state index in [1.54, 1.807) is 30.3 Å². The zero-order valence-corrected chi connectivity index (χ0v) is 20.4. The molecule has 0 aromatic heterocycles. The summed E-state index contributed by atoms with van der Waals surface area (Å²) in [4.78, 5) is 12.3. The van der Waals surface area contributed by atoms with Crippen LogP contribution >= 0.6 is 0 Å². The van der Waals surface area contributed by atoms with Crippen LogP contribution in [0.1, 0.15) is 18.1 Å². The molecule has 0 fully saturated rings. The first-order chi connectivity index (χ1) is 16.2. The van der Waals surface area contributed by atoms with E-state index in [-0.39, 0.29) is 17.3 Å². The van der Waals surface area contributed by atoms with E-state index in [0.29, 0.717) is 29.5 Å². The van der Waals surface area contributed by atoms with Crippen LogP contribution in [0, 0.1) is 13.8 Å². The molecule has 8 nitrogen and oxygen atoms in total. The SMILES string of the molecule is CCOc1ccc(NS(=O)(=O)c2cc(NC(=O)COc3cc(C)cc(C)c3)ccc2OC)cc1. The van der Waals surface area contributed by atoms with Gasteiger partial charge in [-0.25, -0.2) is 8.42 Å². The fraction of sp³-hybridized carbons (Fsp3) is 0.240. The molecule has 0 aliphatic carbocycles. The molecule has 0 bridgehead atoms. The van der Waals surface area contributed by atoms with Crippen LogP contribution in [0.3, 0.4) is 0 Å². The summed E-state index contributed by atoms with van der Waals surface area (Å²) in [6, 6.07) is 16.6. The Bertz CT molecular complexity index is 1240. The molecule has 3 rings (SSSR count). The van der Waals surface area contributed by atoms with Gasteiger partial charge in [-0.2, -0.15) is 0 Å². The van der Waals surface area contributed by atoms with E-state index in [9.17, 15) is 13.2 Å². The van der Waals surface area contributed by atoms with Crippen LogP contribution < -0.4 is 24.2 Å². The number of rotatable bonds is 10. The maximum absolute atomic E-state index is 13.0. The number of carbonyl (C=O) groups is 1. The molecule has 9 heteroatoms. The molecule has 180 valence electrons. The topological polar surface area (TPSA) is 103 Å². The lowest BCUT2D eigenvalue weighted by atomic mass is 10.1. The number of hydrogen-bond acceptors (Lipinski definition) is 6. The standard InChI is InChI=1S/C25H28N2O6S/c1-5-32-21-9-6-19(7-10-21)27-34(29,30)24-15-20(8-11-23(24)31-4)26-25(28)16-33-22-13-17(2)12-18(3)14-22/h6-15,27H,5,16H2,1-4H3,(H,26,28). The summed E-state index contributed by atoms with van der Waals surface area (Å²) in [6.45, 7) is 6.05. The molecule has 0 unspecified atom stereocenters. The van der Waals surface area contributed by atoms with Crippen molar-refractivity contribution >= 4 is 27.3 Å². The second kappa shape index (κ2) is 10.9. The number of ether oxygens (including phenoxy) is 3. The Labute approximate surface area is 199 Å². The monoisotopic (exact) mass is 484 g/mol. The minimum Gasteiger partial charge on any atom is -0.495 e. The number of hydrogen-bond donors (Lipinski definition) is 2. The van der Waals surface area contributed by atoms with Crippen molar-refractivity contribution in [3.05, 3.63) is 71.8 Å². The molecule has 3 aromatic rings. The van der Waals surface area contributed by atoms with E-state index < -0.39 is 15.9 Å². The normalized spacial score (nSPS) is 10.9. The first-order valence-electron chi connectivity index (χ1n) is 10.6. The Morgan fingerprint density at radius 1 is 0.853 bits per heavy atom.